The molecule has 22 heavy (non-hydrogen) atoms. The van der Waals surface area contributed by atoms with Crippen molar-refractivity contribution in [1.29, 1.82) is 0 Å². The topological polar surface area (TPSA) is 35.5 Å². The lowest BCUT2D eigenvalue weighted by atomic mass is 9.95. The Morgan fingerprint density at radius 3 is 2.77 bits per heavy atom. The first-order chi connectivity index (χ1) is 10.5. The van der Waals surface area contributed by atoms with Crippen LogP contribution >= 0.6 is 0 Å². The number of carbonyl (C=O) groups is 1. The molecule has 0 spiro atoms. The summed E-state index contributed by atoms with van der Waals surface area (Å²) in [4.78, 5) is 11.6. The van der Waals surface area contributed by atoms with E-state index in [1.165, 1.54) is 5.56 Å². The minimum Gasteiger partial charge on any atom is -0.486 e. The maximum atomic E-state index is 11.6. The highest BCUT2D eigenvalue weighted by Crippen LogP contribution is 2.37. The van der Waals surface area contributed by atoms with Crippen LogP contribution in [0.5, 0.6) is 11.5 Å². The van der Waals surface area contributed by atoms with E-state index in [1.54, 1.807) is 0 Å². The lowest BCUT2D eigenvalue weighted by Gasteiger charge is -2.23. The Kier molecular flexibility index (Phi) is 3.88. The smallest absolute Gasteiger partial charge is 0.311 e. The average molecular weight is 296 g/mol. The predicted octanol–water partition coefficient (Wildman–Crippen LogP) is 4.55. The molecule has 3 rings (SSSR count). The third kappa shape index (κ3) is 2.84. The van der Waals surface area contributed by atoms with Gasteiger partial charge in [-0.15, -0.1) is 0 Å². The summed E-state index contributed by atoms with van der Waals surface area (Å²) in [6.45, 7) is 6.14. The van der Waals surface area contributed by atoms with Crippen LogP contribution in [-0.4, -0.2) is 5.97 Å². The summed E-state index contributed by atoms with van der Waals surface area (Å²) in [5.41, 5.74) is 3.43. The van der Waals surface area contributed by atoms with Crippen molar-refractivity contribution in [1.82, 2.24) is 0 Å². The van der Waals surface area contributed by atoms with Crippen LogP contribution in [0.15, 0.2) is 42.5 Å². The van der Waals surface area contributed by atoms with Crippen LogP contribution in [0.1, 0.15) is 49.0 Å². The highest BCUT2D eigenvalue weighted by atomic mass is 16.5. The number of aryl methyl sites for hydroxylation is 1. The van der Waals surface area contributed by atoms with Gasteiger partial charge in [-0.1, -0.05) is 37.3 Å². The molecule has 0 aromatic heterocycles. The molecule has 0 fully saturated rings. The van der Waals surface area contributed by atoms with Crippen molar-refractivity contribution >= 4 is 5.97 Å². The van der Waals surface area contributed by atoms with Gasteiger partial charge in [0.1, 0.15) is 17.6 Å². The van der Waals surface area contributed by atoms with Gasteiger partial charge in [-0.3, -0.25) is 4.79 Å². The fraction of sp³-hybridized carbons (Fsp3) is 0.316. The number of carbonyl (C=O) groups excluding carboxylic acids is 1. The summed E-state index contributed by atoms with van der Waals surface area (Å²) >= 11 is 0. The van der Waals surface area contributed by atoms with Crippen molar-refractivity contribution in [2.75, 3.05) is 0 Å². The Labute approximate surface area is 130 Å². The largest absolute Gasteiger partial charge is 0.486 e. The molecule has 0 saturated heterocycles. The number of hydrogen-bond donors (Lipinski definition) is 0. The van der Waals surface area contributed by atoms with Gasteiger partial charge in [0.05, 0.1) is 6.42 Å². The first kappa shape index (κ1) is 14.6. The normalized spacial score (nSPS) is 18.3. The quantitative estimate of drug-likeness (QED) is 0.616. The minimum atomic E-state index is -0.177. The second-order valence-corrected chi connectivity index (χ2v) is 5.90. The van der Waals surface area contributed by atoms with Crippen LogP contribution in [0, 0.1) is 6.92 Å². The molecule has 0 saturated carbocycles. The van der Waals surface area contributed by atoms with E-state index < -0.39 is 0 Å². The van der Waals surface area contributed by atoms with E-state index in [1.807, 2.05) is 44.2 Å². The molecule has 0 amide bonds. The fourth-order valence-corrected chi connectivity index (χ4v) is 2.92. The summed E-state index contributed by atoms with van der Waals surface area (Å²) in [5.74, 6) is 1.36. The molecule has 2 aromatic rings. The Bertz CT molecular complexity index is 706. The van der Waals surface area contributed by atoms with Crippen LogP contribution < -0.4 is 9.47 Å². The van der Waals surface area contributed by atoms with E-state index in [4.69, 9.17) is 9.47 Å². The SMILES string of the molecule is Cc1ccccc1C(C)Oc1ccc2c(c1)OC(=O)CC2C. The van der Waals surface area contributed by atoms with Crippen molar-refractivity contribution in [2.24, 2.45) is 0 Å². The van der Waals surface area contributed by atoms with Gasteiger partial charge in [0.2, 0.25) is 0 Å². The monoisotopic (exact) mass is 296 g/mol. The summed E-state index contributed by atoms with van der Waals surface area (Å²) in [6.07, 6.45) is 0.378. The van der Waals surface area contributed by atoms with E-state index in [0.717, 1.165) is 16.9 Å². The van der Waals surface area contributed by atoms with Crippen LogP contribution in [0.4, 0.5) is 0 Å². The predicted molar refractivity (Wildman–Crippen MR) is 85.3 cm³/mol. The second kappa shape index (κ2) is 5.84. The van der Waals surface area contributed by atoms with Crippen LogP contribution in [0.2, 0.25) is 0 Å². The highest BCUT2D eigenvalue weighted by molar-refractivity contribution is 5.76. The number of fused-ring (bicyclic) bond motifs is 1. The van der Waals surface area contributed by atoms with Crippen molar-refractivity contribution in [2.45, 2.75) is 39.2 Å². The second-order valence-electron chi connectivity index (χ2n) is 5.90. The zero-order valence-electron chi connectivity index (χ0n) is 13.1. The number of rotatable bonds is 3. The molecule has 2 atom stereocenters. The molecule has 2 aromatic carbocycles. The number of benzene rings is 2. The van der Waals surface area contributed by atoms with Gasteiger partial charge in [-0.05, 0) is 42.5 Å². The Morgan fingerprint density at radius 1 is 1.23 bits per heavy atom. The standard InChI is InChI=1S/C19H20O3/c1-12-6-4-5-7-16(12)14(3)21-15-8-9-17-13(2)10-19(20)22-18(17)11-15/h4-9,11,13-14H,10H2,1-3H3. The molecule has 1 heterocycles. The van der Waals surface area contributed by atoms with Gasteiger partial charge in [0, 0.05) is 6.07 Å². The van der Waals surface area contributed by atoms with Gasteiger partial charge in [0.15, 0.2) is 0 Å². The van der Waals surface area contributed by atoms with Gasteiger partial charge in [0.25, 0.3) is 0 Å². The maximum Gasteiger partial charge on any atom is 0.311 e. The lowest BCUT2D eigenvalue weighted by molar-refractivity contribution is -0.135. The van der Waals surface area contributed by atoms with Crippen LogP contribution in [-0.2, 0) is 4.79 Å². The zero-order chi connectivity index (χ0) is 15.7. The molecule has 3 nitrogen and oxygen atoms in total. The highest BCUT2D eigenvalue weighted by Gasteiger charge is 2.24. The van der Waals surface area contributed by atoms with Crippen molar-refractivity contribution in [3.05, 3.63) is 59.2 Å². The fourth-order valence-electron chi connectivity index (χ4n) is 2.92. The van der Waals surface area contributed by atoms with Crippen molar-refractivity contribution in [3.63, 3.8) is 0 Å². The molecular weight excluding hydrogens is 276 g/mol. The van der Waals surface area contributed by atoms with Crippen molar-refractivity contribution < 1.29 is 14.3 Å². The molecular formula is C19H20O3. The molecule has 3 heteroatoms. The first-order valence-corrected chi connectivity index (χ1v) is 7.61. The van der Waals surface area contributed by atoms with E-state index in [0.29, 0.717) is 12.2 Å². The molecule has 0 radical (unpaired) electrons. The molecule has 0 aliphatic carbocycles. The molecule has 114 valence electrons. The van der Waals surface area contributed by atoms with Crippen LogP contribution in [0.3, 0.4) is 0 Å². The summed E-state index contributed by atoms with van der Waals surface area (Å²) in [7, 11) is 0. The van der Waals surface area contributed by atoms with Gasteiger partial charge in [-0.25, -0.2) is 0 Å². The van der Waals surface area contributed by atoms with Gasteiger partial charge < -0.3 is 9.47 Å². The molecule has 2 unspecified atom stereocenters. The lowest BCUT2D eigenvalue weighted by Crippen LogP contribution is -2.18. The Balaban J connectivity index is 1.83. The zero-order valence-corrected chi connectivity index (χ0v) is 13.1. The van der Waals surface area contributed by atoms with Gasteiger partial charge >= 0.3 is 5.97 Å². The van der Waals surface area contributed by atoms with Gasteiger partial charge in [-0.2, -0.15) is 0 Å². The number of hydrogen-bond acceptors (Lipinski definition) is 3. The first-order valence-electron chi connectivity index (χ1n) is 7.61. The third-order valence-corrected chi connectivity index (χ3v) is 4.15. The van der Waals surface area contributed by atoms with E-state index in [9.17, 15) is 4.79 Å². The Morgan fingerprint density at radius 2 is 2.00 bits per heavy atom. The Hall–Kier alpha value is -2.29. The summed E-state index contributed by atoms with van der Waals surface area (Å²) in [5, 5.41) is 0. The number of ether oxygens (including phenoxy) is 2. The van der Waals surface area contributed by atoms with Crippen LogP contribution in [0.25, 0.3) is 0 Å². The third-order valence-electron chi connectivity index (χ3n) is 4.15. The maximum absolute atomic E-state index is 11.6. The minimum absolute atomic E-state index is 0.0593. The molecule has 0 bridgehead atoms. The van der Waals surface area contributed by atoms with E-state index >= 15 is 0 Å². The number of esters is 1. The van der Waals surface area contributed by atoms with Crippen molar-refractivity contribution in [3.8, 4) is 11.5 Å². The molecule has 1 aliphatic heterocycles. The summed E-state index contributed by atoms with van der Waals surface area (Å²) < 4.78 is 11.4. The summed E-state index contributed by atoms with van der Waals surface area (Å²) in [6, 6.07) is 13.9. The molecule has 1 aliphatic rings. The molecule has 0 N–H and O–H groups in total. The van der Waals surface area contributed by atoms with E-state index in [-0.39, 0.29) is 18.0 Å². The van der Waals surface area contributed by atoms with E-state index in [2.05, 4.69) is 19.1 Å². The average Bonchev–Trinajstić information content (AvgIpc) is 2.47.